The van der Waals surface area contributed by atoms with E-state index in [1.165, 1.54) is 23.5 Å². The van der Waals surface area contributed by atoms with Gasteiger partial charge in [0, 0.05) is 57.4 Å². The van der Waals surface area contributed by atoms with E-state index in [1.807, 2.05) is 19.1 Å². The largest absolute Gasteiger partial charge is 0.355 e. The molecule has 206 valence electrons. The van der Waals surface area contributed by atoms with Crippen molar-refractivity contribution in [3.05, 3.63) is 40.7 Å². The molecule has 0 N–H and O–H groups in total. The fourth-order valence-corrected chi connectivity index (χ4v) is 8.09. The highest BCUT2D eigenvalue weighted by Crippen LogP contribution is 2.33. The normalized spacial score (nSPS) is 17.3. The molecule has 0 radical (unpaired) electrons. The second kappa shape index (κ2) is 13.9. The maximum absolute atomic E-state index is 13.9. The number of Topliss-reactive ketones (excluding diaryl/α,β-unsaturated/α-hetero) is 1. The molecule has 38 heavy (non-hydrogen) atoms. The number of nitrogens with zero attached hydrogens (tertiary/aromatic N) is 7. The summed E-state index contributed by atoms with van der Waals surface area (Å²) >= 11 is 20.6. The van der Waals surface area contributed by atoms with Crippen molar-refractivity contribution in [3.8, 4) is 5.69 Å². The molecule has 0 aliphatic carbocycles. The molecule has 2 aromatic rings. The first-order chi connectivity index (χ1) is 18.3. The van der Waals surface area contributed by atoms with E-state index < -0.39 is 4.58 Å². The van der Waals surface area contributed by atoms with E-state index >= 15 is 0 Å². The molecule has 2 aliphatic heterocycles. The Morgan fingerprint density at radius 3 is 1.82 bits per heavy atom. The van der Waals surface area contributed by atoms with Crippen molar-refractivity contribution in [2.45, 2.75) is 25.4 Å². The van der Waals surface area contributed by atoms with Crippen LogP contribution in [0.25, 0.3) is 5.69 Å². The lowest BCUT2D eigenvalue weighted by molar-refractivity contribution is 0.100. The molecule has 0 saturated carbocycles. The van der Waals surface area contributed by atoms with Crippen molar-refractivity contribution in [3.63, 3.8) is 0 Å². The summed E-state index contributed by atoms with van der Waals surface area (Å²) in [5, 5.41) is 9.21. The van der Waals surface area contributed by atoms with Crippen molar-refractivity contribution in [1.82, 2.24) is 34.6 Å². The maximum atomic E-state index is 13.9. The summed E-state index contributed by atoms with van der Waals surface area (Å²) in [4.78, 5) is 23.2. The molecule has 1 aromatic carbocycles. The third-order valence-electron chi connectivity index (χ3n) is 6.98. The van der Waals surface area contributed by atoms with Crippen LogP contribution >= 0.6 is 59.6 Å². The zero-order chi connectivity index (χ0) is 27.2. The van der Waals surface area contributed by atoms with E-state index in [1.54, 1.807) is 16.8 Å². The molecular weight excluding hydrogens is 578 g/mol. The minimum Gasteiger partial charge on any atom is -0.355 e. The molecule has 0 bridgehead atoms. The monoisotopic (exact) mass is 611 g/mol. The number of rotatable bonds is 7. The van der Waals surface area contributed by atoms with E-state index in [4.69, 9.17) is 36.0 Å². The highest BCUT2D eigenvalue weighted by atomic mass is 35.5. The second-order valence-electron chi connectivity index (χ2n) is 9.22. The van der Waals surface area contributed by atoms with Gasteiger partial charge in [-0.25, -0.2) is 4.68 Å². The molecule has 2 saturated heterocycles. The summed E-state index contributed by atoms with van der Waals surface area (Å²) < 4.78 is 2.58. The highest BCUT2D eigenvalue weighted by molar-refractivity contribution is 8.37. The van der Waals surface area contributed by atoms with Gasteiger partial charge in [-0.3, -0.25) is 4.79 Å². The predicted molar refractivity (Wildman–Crippen MR) is 167 cm³/mol. The predicted octanol–water partition coefficient (Wildman–Crippen LogP) is 4.05. The van der Waals surface area contributed by atoms with Crippen molar-refractivity contribution >= 4 is 74.0 Å². The van der Waals surface area contributed by atoms with Crippen LogP contribution in [0.5, 0.6) is 0 Å². The van der Waals surface area contributed by atoms with Crippen LogP contribution in [0.15, 0.2) is 24.3 Å². The molecule has 3 heterocycles. The van der Waals surface area contributed by atoms with Crippen LogP contribution in [0.3, 0.4) is 0 Å². The van der Waals surface area contributed by atoms with Crippen molar-refractivity contribution in [2.24, 2.45) is 0 Å². The highest BCUT2D eigenvalue weighted by Gasteiger charge is 2.33. The van der Waals surface area contributed by atoms with Crippen LogP contribution in [0, 0.1) is 6.92 Å². The zero-order valence-electron chi connectivity index (χ0n) is 22.0. The number of thiocarbonyl (C=S) groups is 2. The van der Waals surface area contributed by atoms with Crippen LogP contribution in [0.4, 0.5) is 0 Å². The van der Waals surface area contributed by atoms with Gasteiger partial charge in [-0.15, -0.1) is 5.10 Å². The summed E-state index contributed by atoms with van der Waals surface area (Å²) in [6, 6.07) is 7.30. The summed E-state index contributed by atoms with van der Waals surface area (Å²) in [5.74, 6) is -0.123. The first-order valence-electron chi connectivity index (χ1n) is 12.9. The Kier molecular flexibility index (Phi) is 10.8. The van der Waals surface area contributed by atoms with E-state index in [2.05, 4.69) is 43.8 Å². The fraction of sp³-hybridized carbons (Fsp3) is 0.560. The summed E-state index contributed by atoms with van der Waals surface area (Å²) in [6.07, 6.45) is 0. The Hall–Kier alpha value is -1.28. The van der Waals surface area contributed by atoms with E-state index in [-0.39, 0.29) is 5.78 Å². The number of aromatic nitrogens is 3. The minimum atomic E-state index is -0.544. The van der Waals surface area contributed by atoms with Crippen LogP contribution in [-0.2, 0) is 0 Å². The summed E-state index contributed by atoms with van der Waals surface area (Å²) in [7, 11) is 0. The van der Waals surface area contributed by atoms with Crippen LogP contribution in [0.1, 0.15) is 30.0 Å². The van der Waals surface area contributed by atoms with Gasteiger partial charge in [-0.1, -0.05) is 78.6 Å². The van der Waals surface area contributed by atoms with E-state index in [0.29, 0.717) is 16.4 Å². The lowest BCUT2D eigenvalue weighted by Crippen LogP contribution is -2.48. The summed E-state index contributed by atoms with van der Waals surface area (Å²) in [5.41, 5.74) is 1.81. The van der Waals surface area contributed by atoms with Gasteiger partial charge in [-0.05, 0) is 44.3 Å². The fourth-order valence-electron chi connectivity index (χ4n) is 4.45. The van der Waals surface area contributed by atoms with Crippen LogP contribution in [0.2, 0.25) is 5.02 Å². The number of benzene rings is 1. The first kappa shape index (κ1) is 29.7. The van der Waals surface area contributed by atoms with E-state index in [9.17, 15) is 4.79 Å². The SMILES string of the molecule is CCN1CCN(C(=S)SC(SC(=S)N2CCN(CC)CC2)C(=O)c2nnn(-c3ccc(Cl)cc3)c2C)CC1. The zero-order valence-corrected chi connectivity index (χ0v) is 26.0. The van der Waals surface area contributed by atoms with Crippen molar-refractivity contribution in [1.29, 1.82) is 0 Å². The number of thioether (sulfide) groups is 2. The molecule has 4 rings (SSSR count). The van der Waals surface area contributed by atoms with Gasteiger partial charge in [-0.2, -0.15) is 0 Å². The molecule has 0 spiro atoms. The molecule has 2 aliphatic rings. The van der Waals surface area contributed by atoms with Gasteiger partial charge in [0.2, 0.25) is 5.78 Å². The molecule has 0 atom stereocenters. The molecule has 8 nitrogen and oxygen atoms in total. The smallest absolute Gasteiger partial charge is 0.208 e. The van der Waals surface area contributed by atoms with Gasteiger partial charge < -0.3 is 19.6 Å². The number of halogens is 1. The molecule has 2 fully saturated rings. The lowest BCUT2D eigenvalue weighted by Gasteiger charge is -2.37. The van der Waals surface area contributed by atoms with Crippen molar-refractivity contribution in [2.75, 3.05) is 65.4 Å². The Balaban J connectivity index is 1.52. The Morgan fingerprint density at radius 1 is 0.895 bits per heavy atom. The molecule has 0 amide bonds. The third kappa shape index (κ3) is 7.26. The van der Waals surface area contributed by atoms with Crippen molar-refractivity contribution < 1.29 is 4.79 Å². The number of hydrogen-bond acceptors (Lipinski definition) is 9. The molecule has 0 unspecified atom stereocenters. The number of hydrogen-bond donors (Lipinski definition) is 0. The number of likely N-dealkylation sites (N-methyl/N-ethyl adjacent to an activating group) is 2. The molecular formula is C25H34ClN7OS4. The van der Waals surface area contributed by atoms with Gasteiger partial charge in [0.05, 0.1) is 11.4 Å². The average molecular weight is 612 g/mol. The Labute approximate surface area is 249 Å². The standard InChI is InChI=1S/C25H34ClN7OS4/c1-4-29-10-14-31(15-11-29)24(35)37-23(38-25(36)32-16-12-30(5-2)13-17-32)22(34)21-18(3)33(28-27-21)20-8-6-19(26)7-9-20/h6-9,23H,4-5,10-17H2,1-3H3. The van der Waals surface area contributed by atoms with Gasteiger partial charge in [0.1, 0.15) is 13.2 Å². The molecule has 1 aromatic heterocycles. The lowest BCUT2D eigenvalue weighted by atomic mass is 10.2. The number of carbonyl (C=O) groups is 1. The second-order valence-corrected chi connectivity index (χ2v) is 13.4. The van der Waals surface area contributed by atoms with E-state index in [0.717, 1.165) is 79.8 Å². The Morgan fingerprint density at radius 2 is 1.37 bits per heavy atom. The number of ketones is 1. The quantitative estimate of drug-likeness (QED) is 0.259. The summed E-state index contributed by atoms with van der Waals surface area (Å²) in [6.45, 7) is 15.6. The minimum absolute atomic E-state index is 0.123. The molecule has 13 heteroatoms. The van der Waals surface area contributed by atoms with Gasteiger partial charge >= 0.3 is 0 Å². The maximum Gasteiger partial charge on any atom is 0.208 e. The van der Waals surface area contributed by atoms with Crippen LogP contribution in [-0.4, -0.2) is 119 Å². The third-order valence-corrected chi connectivity index (χ3v) is 10.7. The van der Waals surface area contributed by atoms with Crippen LogP contribution < -0.4 is 0 Å². The number of piperazine rings is 2. The van der Waals surface area contributed by atoms with Gasteiger partial charge in [0.15, 0.2) is 5.69 Å². The Bertz CT molecular complexity index is 1090. The average Bonchev–Trinajstić information content (AvgIpc) is 3.33. The van der Waals surface area contributed by atoms with Gasteiger partial charge in [0.25, 0.3) is 0 Å². The topological polar surface area (TPSA) is 60.7 Å². The number of carbonyl (C=O) groups excluding carboxylic acids is 1. The first-order valence-corrected chi connectivity index (χ1v) is 15.8.